The van der Waals surface area contributed by atoms with E-state index in [1.165, 1.54) is 0 Å². The van der Waals surface area contributed by atoms with Crippen LogP contribution in [0.4, 0.5) is 17.3 Å². The smallest absolute Gasteiger partial charge is 0.136 e. The van der Waals surface area contributed by atoms with Crippen LogP contribution in [0.5, 0.6) is 0 Å². The molecule has 0 spiro atoms. The number of aromatic nitrogens is 2. The van der Waals surface area contributed by atoms with Gasteiger partial charge in [0.05, 0.1) is 5.69 Å². The van der Waals surface area contributed by atoms with Crippen LogP contribution in [0.1, 0.15) is 25.6 Å². The zero-order chi connectivity index (χ0) is 14.7. The minimum Gasteiger partial charge on any atom is -0.373 e. The lowest BCUT2D eigenvalue weighted by atomic mass is 10.2. The lowest BCUT2D eigenvalue weighted by Crippen LogP contribution is -2.05. The van der Waals surface area contributed by atoms with Crippen molar-refractivity contribution >= 4 is 49.2 Å². The van der Waals surface area contributed by atoms with Crippen LogP contribution in [0.15, 0.2) is 33.2 Å². The maximum Gasteiger partial charge on any atom is 0.136 e. The summed E-state index contributed by atoms with van der Waals surface area (Å²) in [7, 11) is 1.85. The summed E-state index contributed by atoms with van der Waals surface area (Å²) in [5, 5.41) is 6.37. The third-order valence-electron chi connectivity index (χ3n) is 2.71. The summed E-state index contributed by atoms with van der Waals surface area (Å²) in [4.78, 5) is 8.99. The molecule has 2 aromatic rings. The van der Waals surface area contributed by atoms with Crippen molar-refractivity contribution in [1.29, 1.82) is 0 Å². The molecule has 1 aromatic carbocycles. The zero-order valence-electron chi connectivity index (χ0n) is 11.5. The third kappa shape index (κ3) is 3.70. The monoisotopic (exact) mass is 398 g/mol. The van der Waals surface area contributed by atoms with Crippen molar-refractivity contribution in [2.75, 3.05) is 17.7 Å². The average molecular weight is 400 g/mol. The van der Waals surface area contributed by atoms with Crippen molar-refractivity contribution in [2.45, 2.75) is 19.8 Å². The topological polar surface area (TPSA) is 49.8 Å². The Labute approximate surface area is 135 Å². The van der Waals surface area contributed by atoms with Gasteiger partial charge in [-0.1, -0.05) is 29.8 Å². The minimum absolute atomic E-state index is 0.275. The van der Waals surface area contributed by atoms with E-state index >= 15 is 0 Å². The van der Waals surface area contributed by atoms with Crippen molar-refractivity contribution in [3.05, 3.63) is 39.0 Å². The summed E-state index contributed by atoms with van der Waals surface area (Å²) >= 11 is 6.98. The van der Waals surface area contributed by atoms with Crippen LogP contribution >= 0.6 is 31.9 Å². The molecule has 1 aromatic heterocycles. The summed E-state index contributed by atoms with van der Waals surface area (Å²) in [6.07, 6.45) is 0. The number of halogens is 2. The second kappa shape index (κ2) is 6.54. The first kappa shape index (κ1) is 15.3. The molecule has 2 N–H and O–H groups in total. The van der Waals surface area contributed by atoms with E-state index in [0.717, 1.165) is 32.1 Å². The predicted molar refractivity (Wildman–Crippen MR) is 90.8 cm³/mol. The van der Waals surface area contributed by atoms with Gasteiger partial charge in [-0.3, -0.25) is 0 Å². The molecule has 0 radical (unpaired) electrons. The number of rotatable bonds is 4. The van der Waals surface area contributed by atoms with Crippen LogP contribution in [-0.2, 0) is 0 Å². The van der Waals surface area contributed by atoms with Gasteiger partial charge in [-0.2, -0.15) is 0 Å². The summed E-state index contributed by atoms with van der Waals surface area (Å²) in [5.74, 6) is 2.67. The third-order valence-corrected chi connectivity index (χ3v) is 3.86. The van der Waals surface area contributed by atoms with Crippen LogP contribution in [-0.4, -0.2) is 17.0 Å². The number of hydrogen-bond acceptors (Lipinski definition) is 4. The molecule has 0 aliphatic heterocycles. The van der Waals surface area contributed by atoms with Crippen molar-refractivity contribution in [2.24, 2.45) is 0 Å². The Hall–Kier alpha value is -1.14. The maximum atomic E-state index is 4.54. The molecule has 0 saturated carbocycles. The molecule has 1 heterocycles. The molecule has 2 rings (SSSR count). The van der Waals surface area contributed by atoms with Crippen molar-refractivity contribution < 1.29 is 0 Å². The Morgan fingerprint density at radius 2 is 1.75 bits per heavy atom. The van der Waals surface area contributed by atoms with Gasteiger partial charge in [0, 0.05) is 28.0 Å². The molecular weight excluding hydrogens is 384 g/mol. The Kier molecular flexibility index (Phi) is 4.99. The van der Waals surface area contributed by atoms with Crippen LogP contribution < -0.4 is 10.6 Å². The van der Waals surface area contributed by atoms with Gasteiger partial charge >= 0.3 is 0 Å². The number of anilines is 3. The molecule has 106 valence electrons. The molecule has 0 amide bonds. The van der Waals surface area contributed by atoms with Gasteiger partial charge < -0.3 is 10.6 Å². The van der Waals surface area contributed by atoms with Gasteiger partial charge in [-0.15, -0.1) is 0 Å². The van der Waals surface area contributed by atoms with Gasteiger partial charge in [-0.25, -0.2) is 9.97 Å². The van der Waals surface area contributed by atoms with E-state index in [1.807, 2.05) is 31.3 Å². The fourth-order valence-electron chi connectivity index (χ4n) is 1.65. The molecule has 0 aliphatic carbocycles. The van der Waals surface area contributed by atoms with E-state index in [9.17, 15) is 0 Å². The normalized spacial score (nSPS) is 10.7. The van der Waals surface area contributed by atoms with Crippen molar-refractivity contribution in [1.82, 2.24) is 9.97 Å². The summed E-state index contributed by atoms with van der Waals surface area (Å²) in [5.41, 5.74) is 0.962. The van der Waals surface area contributed by atoms with E-state index in [1.54, 1.807) is 0 Å². The molecule has 0 fully saturated rings. The highest BCUT2D eigenvalue weighted by atomic mass is 79.9. The molecule has 0 aliphatic rings. The SMILES string of the molecule is CNc1cc(Nc2ccc(Br)cc2Br)nc(C(C)C)n1. The molecule has 0 saturated heterocycles. The van der Waals surface area contributed by atoms with E-state index in [-0.39, 0.29) is 5.92 Å². The van der Waals surface area contributed by atoms with Crippen LogP contribution in [0.2, 0.25) is 0 Å². The summed E-state index contributed by atoms with van der Waals surface area (Å²) < 4.78 is 2.00. The molecule has 20 heavy (non-hydrogen) atoms. The molecule has 6 heteroatoms. The first-order chi connectivity index (χ1) is 9.49. The minimum atomic E-state index is 0.275. The quantitative estimate of drug-likeness (QED) is 0.766. The first-order valence-electron chi connectivity index (χ1n) is 6.28. The number of hydrogen-bond donors (Lipinski definition) is 2. The second-order valence-corrected chi connectivity index (χ2v) is 6.42. The Bertz CT molecular complexity index is 614. The molecular formula is C14H16Br2N4. The Balaban J connectivity index is 2.34. The lowest BCUT2D eigenvalue weighted by Gasteiger charge is -2.12. The molecule has 0 unspecified atom stereocenters. The molecule has 0 bridgehead atoms. The van der Waals surface area contributed by atoms with Crippen LogP contribution in [0.3, 0.4) is 0 Å². The number of nitrogens with zero attached hydrogens (tertiary/aromatic N) is 2. The lowest BCUT2D eigenvalue weighted by molar-refractivity contribution is 0.778. The second-order valence-electron chi connectivity index (χ2n) is 4.65. The van der Waals surface area contributed by atoms with Gasteiger partial charge in [0.25, 0.3) is 0 Å². The Morgan fingerprint density at radius 3 is 2.35 bits per heavy atom. The van der Waals surface area contributed by atoms with Crippen molar-refractivity contribution in [3.63, 3.8) is 0 Å². The summed E-state index contributed by atoms with van der Waals surface area (Å²) in [6.45, 7) is 4.15. The van der Waals surface area contributed by atoms with Crippen LogP contribution in [0, 0.1) is 0 Å². The molecule has 4 nitrogen and oxygen atoms in total. The number of nitrogens with one attached hydrogen (secondary N) is 2. The van der Waals surface area contributed by atoms with Crippen molar-refractivity contribution in [3.8, 4) is 0 Å². The van der Waals surface area contributed by atoms with Gasteiger partial charge in [0.2, 0.25) is 0 Å². The fourth-order valence-corrected chi connectivity index (χ4v) is 2.79. The zero-order valence-corrected chi connectivity index (χ0v) is 14.7. The van der Waals surface area contributed by atoms with Gasteiger partial charge in [0.15, 0.2) is 0 Å². The van der Waals surface area contributed by atoms with E-state index in [2.05, 4.69) is 66.3 Å². The Morgan fingerprint density at radius 1 is 1.05 bits per heavy atom. The number of benzene rings is 1. The highest BCUT2D eigenvalue weighted by Gasteiger charge is 2.09. The summed E-state index contributed by atoms with van der Waals surface area (Å²) in [6, 6.07) is 7.85. The van der Waals surface area contributed by atoms with E-state index < -0.39 is 0 Å². The predicted octanol–water partition coefficient (Wildman–Crippen LogP) is 4.91. The van der Waals surface area contributed by atoms with Crippen LogP contribution in [0.25, 0.3) is 0 Å². The van der Waals surface area contributed by atoms with E-state index in [4.69, 9.17) is 0 Å². The standard InChI is InChI=1S/C14H16Br2N4/c1-8(2)14-19-12(17-3)7-13(20-14)18-11-5-4-9(15)6-10(11)16/h4-8H,1-3H3,(H2,17,18,19,20). The first-order valence-corrected chi connectivity index (χ1v) is 7.87. The molecule has 0 atom stereocenters. The maximum absolute atomic E-state index is 4.54. The van der Waals surface area contributed by atoms with Gasteiger partial charge in [-0.05, 0) is 34.1 Å². The van der Waals surface area contributed by atoms with E-state index in [0.29, 0.717) is 0 Å². The highest BCUT2D eigenvalue weighted by Crippen LogP contribution is 2.29. The van der Waals surface area contributed by atoms with Gasteiger partial charge in [0.1, 0.15) is 17.5 Å². The fraction of sp³-hybridized carbons (Fsp3) is 0.286. The average Bonchev–Trinajstić information content (AvgIpc) is 2.41. The largest absolute Gasteiger partial charge is 0.373 e. The highest BCUT2D eigenvalue weighted by molar-refractivity contribution is 9.11.